The molecule has 2 unspecified atom stereocenters. The van der Waals surface area contributed by atoms with Crippen molar-refractivity contribution in [3.63, 3.8) is 0 Å². The monoisotopic (exact) mass is 157 g/mol. The first-order chi connectivity index (χ1) is 5.38. The standard InChI is InChI=1S/C9H19NO/c1-11-6-2-3-8-4-5-9(8)7-10/h8-9H,2-7,10H2,1H3. The molecule has 2 heteroatoms. The van der Waals surface area contributed by atoms with E-state index in [2.05, 4.69) is 0 Å². The summed E-state index contributed by atoms with van der Waals surface area (Å²) in [7, 11) is 1.77. The van der Waals surface area contributed by atoms with Crippen molar-refractivity contribution < 1.29 is 4.74 Å². The molecule has 11 heavy (non-hydrogen) atoms. The Morgan fingerprint density at radius 3 is 2.55 bits per heavy atom. The Kier molecular flexibility index (Phi) is 3.87. The second-order valence-corrected chi connectivity index (χ2v) is 3.47. The van der Waals surface area contributed by atoms with Crippen molar-refractivity contribution in [3.05, 3.63) is 0 Å². The SMILES string of the molecule is COCCCC1CCC1CN. The highest BCUT2D eigenvalue weighted by Crippen LogP contribution is 2.36. The average molecular weight is 157 g/mol. The molecule has 1 aliphatic rings. The molecule has 0 aromatic carbocycles. The third kappa shape index (κ3) is 2.46. The van der Waals surface area contributed by atoms with Crippen LogP contribution < -0.4 is 5.73 Å². The second-order valence-electron chi connectivity index (χ2n) is 3.47. The Morgan fingerprint density at radius 1 is 1.36 bits per heavy atom. The minimum Gasteiger partial charge on any atom is -0.385 e. The largest absolute Gasteiger partial charge is 0.385 e. The van der Waals surface area contributed by atoms with Gasteiger partial charge in [0.2, 0.25) is 0 Å². The number of nitrogens with two attached hydrogens (primary N) is 1. The fourth-order valence-corrected chi connectivity index (χ4v) is 1.82. The number of hydrogen-bond acceptors (Lipinski definition) is 2. The summed E-state index contributed by atoms with van der Waals surface area (Å²) in [6.07, 6.45) is 5.27. The fraction of sp³-hybridized carbons (Fsp3) is 1.00. The van der Waals surface area contributed by atoms with E-state index in [1.54, 1.807) is 7.11 Å². The predicted molar refractivity (Wildman–Crippen MR) is 46.4 cm³/mol. The molecule has 0 radical (unpaired) electrons. The van der Waals surface area contributed by atoms with E-state index >= 15 is 0 Å². The Balaban J connectivity index is 1.98. The van der Waals surface area contributed by atoms with Crippen LogP contribution in [0.5, 0.6) is 0 Å². The van der Waals surface area contributed by atoms with E-state index in [0.29, 0.717) is 0 Å². The second kappa shape index (κ2) is 4.73. The Morgan fingerprint density at radius 2 is 2.09 bits per heavy atom. The Bertz CT molecular complexity index is 104. The minimum atomic E-state index is 0.826. The van der Waals surface area contributed by atoms with Crippen LogP contribution in [0.1, 0.15) is 25.7 Å². The molecule has 2 atom stereocenters. The van der Waals surface area contributed by atoms with Gasteiger partial charge in [-0.05, 0) is 44.1 Å². The Labute approximate surface area is 69.1 Å². The van der Waals surface area contributed by atoms with Crippen molar-refractivity contribution in [1.82, 2.24) is 0 Å². The number of methoxy groups -OCH3 is 1. The van der Waals surface area contributed by atoms with Crippen molar-refractivity contribution in [2.24, 2.45) is 17.6 Å². The van der Waals surface area contributed by atoms with Gasteiger partial charge in [0.1, 0.15) is 0 Å². The zero-order valence-corrected chi connectivity index (χ0v) is 7.38. The first kappa shape index (κ1) is 9.01. The number of hydrogen-bond donors (Lipinski definition) is 1. The molecule has 66 valence electrons. The van der Waals surface area contributed by atoms with Crippen LogP contribution in [-0.4, -0.2) is 20.3 Å². The maximum Gasteiger partial charge on any atom is 0.0462 e. The third-order valence-electron chi connectivity index (χ3n) is 2.80. The summed E-state index contributed by atoms with van der Waals surface area (Å²) >= 11 is 0. The zero-order chi connectivity index (χ0) is 8.10. The van der Waals surface area contributed by atoms with Crippen molar-refractivity contribution in [1.29, 1.82) is 0 Å². The first-order valence-corrected chi connectivity index (χ1v) is 4.57. The lowest BCUT2D eigenvalue weighted by Gasteiger charge is -2.35. The molecule has 0 aromatic heterocycles. The lowest BCUT2D eigenvalue weighted by atomic mass is 9.71. The minimum absolute atomic E-state index is 0.826. The van der Waals surface area contributed by atoms with Crippen LogP contribution in [-0.2, 0) is 4.74 Å². The van der Waals surface area contributed by atoms with Crippen LogP contribution in [0, 0.1) is 11.8 Å². The molecule has 1 rings (SSSR count). The van der Waals surface area contributed by atoms with Gasteiger partial charge >= 0.3 is 0 Å². The van der Waals surface area contributed by atoms with E-state index in [4.69, 9.17) is 10.5 Å². The lowest BCUT2D eigenvalue weighted by molar-refractivity contribution is 0.138. The number of rotatable bonds is 5. The maximum atomic E-state index is 5.60. The summed E-state index contributed by atoms with van der Waals surface area (Å²) < 4.78 is 5.00. The van der Waals surface area contributed by atoms with Gasteiger partial charge in [-0.3, -0.25) is 0 Å². The average Bonchev–Trinajstić information content (AvgIpc) is 1.97. The van der Waals surface area contributed by atoms with Gasteiger partial charge in [0.15, 0.2) is 0 Å². The van der Waals surface area contributed by atoms with Crippen molar-refractivity contribution in [3.8, 4) is 0 Å². The summed E-state index contributed by atoms with van der Waals surface area (Å²) in [5.74, 6) is 1.74. The highest BCUT2D eigenvalue weighted by molar-refractivity contribution is 4.80. The highest BCUT2D eigenvalue weighted by atomic mass is 16.5. The summed E-state index contributed by atoms with van der Waals surface area (Å²) in [5, 5.41) is 0. The van der Waals surface area contributed by atoms with Crippen LogP contribution >= 0.6 is 0 Å². The van der Waals surface area contributed by atoms with Crippen molar-refractivity contribution in [2.75, 3.05) is 20.3 Å². The molecular formula is C9H19NO. The van der Waals surface area contributed by atoms with Gasteiger partial charge in [0.25, 0.3) is 0 Å². The van der Waals surface area contributed by atoms with Crippen LogP contribution in [0.3, 0.4) is 0 Å². The molecule has 2 nitrogen and oxygen atoms in total. The molecule has 1 fully saturated rings. The smallest absolute Gasteiger partial charge is 0.0462 e. The van der Waals surface area contributed by atoms with Crippen LogP contribution in [0.2, 0.25) is 0 Å². The van der Waals surface area contributed by atoms with E-state index in [1.165, 1.54) is 25.7 Å². The summed E-state index contributed by atoms with van der Waals surface area (Å²) in [4.78, 5) is 0. The van der Waals surface area contributed by atoms with Gasteiger partial charge in [-0.2, -0.15) is 0 Å². The van der Waals surface area contributed by atoms with Gasteiger partial charge < -0.3 is 10.5 Å². The Hall–Kier alpha value is -0.0800. The summed E-state index contributed by atoms with van der Waals surface area (Å²) in [5.41, 5.74) is 5.60. The molecule has 1 aliphatic carbocycles. The predicted octanol–water partition coefficient (Wildman–Crippen LogP) is 1.40. The molecular weight excluding hydrogens is 138 g/mol. The molecule has 0 spiro atoms. The summed E-state index contributed by atoms with van der Waals surface area (Å²) in [6.45, 7) is 1.80. The quantitative estimate of drug-likeness (QED) is 0.612. The van der Waals surface area contributed by atoms with Gasteiger partial charge in [0, 0.05) is 13.7 Å². The van der Waals surface area contributed by atoms with E-state index in [9.17, 15) is 0 Å². The maximum absolute atomic E-state index is 5.60. The lowest BCUT2D eigenvalue weighted by Crippen LogP contribution is -2.32. The number of ether oxygens (including phenoxy) is 1. The van der Waals surface area contributed by atoms with Crippen LogP contribution in [0.15, 0.2) is 0 Å². The summed E-state index contributed by atoms with van der Waals surface area (Å²) in [6, 6.07) is 0. The van der Waals surface area contributed by atoms with Crippen molar-refractivity contribution in [2.45, 2.75) is 25.7 Å². The highest BCUT2D eigenvalue weighted by Gasteiger charge is 2.28. The van der Waals surface area contributed by atoms with E-state index in [-0.39, 0.29) is 0 Å². The van der Waals surface area contributed by atoms with Crippen molar-refractivity contribution >= 4 is 0 Å². The fourth-order valence-electron chi connectivity index (χ4n) is 1.82. The van der Waals surface area contributed by atoms with Gasteiger partial charge in [-0.1, -0.05) is 0 Å². The van der Waals surface area contributed by atoms with E-state index < -0.39 is 0 Å². The molecule has 0 saturated heterocycles. The topological polar surface area (TPSA) is 35.2 Å². The van der Waals surface area contributed by atoms with Gasteiger partial charge in [0.05, 0.1) is 0 Å². The molecule has 0 aromatic rings. The molecule has 0 amide bonds. The van der Waals surface area contributed by atoms with Gasteiger partial charge in [-0.15, -0.1) is 0 Å². The van der Waals surface area contributed by atoms with Gasteiger partial charge in [-0.25, -0.2) is 0 Å². The third-order valence-corrected chi connectivity index (χ3v) is 2.80. The zero-order valence-electron chi connectivity index (χ0n) is 7.38. The molecule has 0 bridgehead atoms. The molecule has 2 N–H and O–H groups in total. The molecule has 0 aliphatic heterocycles. The normalized spacial score (nSPS) is 30.0. The van der Waals surface area contributed by atoms with Crippen LogP contribution in [0.25, 0.3) is 0 Å². The van der Waals surface area contributed by atoms with Crippen LogP contribution in [0.4, 0.5) is 0 Å². The first-order valence-electron chi connectivity index (χ1n) is 4.57. The molecule has 1 saturated carbocycles. The van der Waals surface area contributed by atoms with E-state index in [0.717, 1.165) is 25.0 Å². The van der Waals surface area contributed by atoms with E-state index in [1.807, 2.05) is 0 Å². The molecule has 0 heterocycles.